The van der Waals surface area contributed by atoms with Crippen LogP contribution in [0.1, 0.15) is 12.0 Å². The minimum absolute atomic E-state index is 0. The fraction of sp³-hybridized carbons (Fsp3) is 0.455. The number of para-hydroxylation sites is 1. The van der Waals surface area contributed by atoms with E-state index in [9.17, 15) is 0 Å². The Labute approximate surface area is 181 Å². The molecule has 0 radical (unpaired) electrons. The SMILES string of the molecule is CN(c1ccccc1)c1ccc(CN2CCN(C3CCNC3)CC2)cc1.Cl.Cl. The van der Waals surface area contributed by atoms with Crippen molar-refractivity contribution >= 4 is 36.2 Å². The van der Waals surface area contributed by atoms with E-state index in [2.05, 4.69) is 81.7 Å². The van der Waals surface area contributed by atoms with Gasteiger partial charge in [-0.2, -0.15) is 0 Å². The maximum absolute atomic E-state index is 3.49. The molecule has 28 heavy (non-hydrogen) atoms. The zero-order valence-electron chi connectivity index (χ0n) is 16.6. The van der Waals surface area contributed by atoms with Gasteiger partial charge in [0.25, 0.3) is 0 Å². The van der Waals surface area contributed by atoms with Gasteiger partial charge in [0.15, 0.2) is 0 Å². The molecule has 2 heterocycles. The van der Waals surface area contributed by atoms with Crippen LogP contribution >= 0.6 is 24.8 Å². The fourth-order valence-electron chi connectivity index (χ4n) is 4.12. The van der Waals surface area contributed by atoms with Gasteiger partial charge in [-0.3, -0.25) is 9.80 Å². The lowest BCUT2D eigenvalue weighted by atomic mass is 10.1. The third-order valence-corrected chi connectivity index (χ3v) is 5.83. The lowest BCUT2D eigenvalue weighted by Crippen LogP contribution is -2.50. The van der Waals surface area contributed by atoms with Crippen LogP contribution in [0.5, 0.6) is 0 Å². The van der Waals surface area contributed by atoms with Crippen LogP contribution in [-0.4, -0.2) is 62.2 Å². The second-order valence-electron chi connectivity index (χ2n) is 7.52. The molecular weight excluding hydrogens is 391 g/mol. The number of halogens is 2. The molecule has 0 bridgehead atoms. The van der Waals surface area contributed by atoms with Gasteiger partial charge >= 0.3 is 0 Å². The molecular formula is C22H32Cl2N4. The molecule has 2 saturated heterocycles. The van der Waals surface area contributed by atoms with Gasteiger partial charge in [0.05, 0.1) is 0 Å². The summed E-state index contributed by atoms with van der Waals surface area (Å²) in [6.45, 7) is 8.21. The lowest BCUT2D eigenvalue weighted by Gasteiger charge is -2.37. The molecule has 154 valence electrons. The van der Waals surface area contributed by atoms with Crippen LogP contribution in [0.25, 0.3) is 0 Å². The predicted molar refractivity (Wildman–Crippen MR) is 124 cm³/mol. The Morgan fingerprint density at radius 2 is 1.54 bits per heavy atom. The fourth-order valence-corrected chi connectivity index (χ4v) is 4.12. The van der Waals surface area contributed by atoms with Crippen LogP contribution in [0, 0.1) is 0 Å². The molecule has 0 saturated carbocycles. The highest BCUT2D eigenvalue weighted by Crippen LogP contribution is 2.24. The predicted octanol–water partition coefficient (Wildman–Crippen LogP) is 3.78. The molecule has 0 aromatic heterocycles. The Bertz CT molecular complexity index is 681. The third-order valence-electron chi connectivity index (χ3n) is 5.83. The van der Waals surface area contributed by atoms with Gasteiger partial charge in [-0.25, -0.2) is 0 Å². The number of piperazine rings is 1. The summed E-state index contributed by atoms with van der Waals surface area (Å²) in [5.74, 6) is 0. The highest BCUT2D eigenvalue weighted by atomic mass is 35.5. The topological polar surface area (TPSA) is 21.8 Å². The Balaban J connectivity index is 0.00000140. The van der Waals surface area contributed by atoms with Crippen LogP contribution in [0.15, 0.2) is 54.6 Å². The van der Waals surface area contributed by atoms with Gasteiger partial charge in [0.2, 0.25) is 0 Å². The van der Waals surface area contributed by atoms with Crippen molar-refractivity contribution in [1.82, 2.24) is 15.1 Å². The minimum Gasteiger partial charge on any atom is -0.345 e. The Kier molecular flexibility index (Phi) is 9.06. The second kappa shape index (κ2) is 11.0. The smallest absolute Gasteiger partial charge is 0.0408 e. The lowest BCUT2D eigenvalue weighted by molar-refractivity contribution is 0.0981. The third kappa shape index (κ3) is 5.62. The van der Waals surface area contributed by atoms with Gasteiger partial charge in [-0.05, 0) is 42.8 Å². The number of benzene rings is 2. The molecule has 2 aromatic carbocycles. The zero-order chi connectivity index (χ0) is 17.8. The van der Waals surface area contributed by atoms with Crippen molar-refractivity contribution in [1.29, 1.82) is 0 Å². The van der Waals surface area contributed by atoms with Crippen molar-refractivity contribution in [3.05, 3.63) is 60.2 Å². The number of hydrogen-bond donors (Lipinski definition) is 1. The van der Waals surface area contributed by atoms with Crippen molar-refractivity contribution in [2.24, 2.45) is 0 Å². The average molecular weight is 423 g/mol. The number of rotatable bonds is 5. The summed E-state index contributed by atoms with van der Waals surface area (Å²) in [6, 6.07) is 20.3. The van der Waals surface area contributed by atoms with Crippen molar-refractivity contribution in [2.75, 3.05) is 51.2 Å². The van der Waals surface area contributed by atoms with E-state index in [0.717, 1.165) is 12.6 Å². The summed E-state index contributed by atoms with van der Waals surface area (Å²) >= 11 is 0. The molecule has 2 fully saturated rings. The number of nitrogens with zero attached hydrogens (tertiary/aromatic N) is 3. The summed E-state index contributed by atoms with van der Waals surface area (Å²) in [4.78, 5) is 7.50. The molecule has 1 N–H and O–H groups in total. The number of nitrogens with one attached hydrogen (secondary N) is 1. The monoisotopic (exact) mass is 422 g/mol. The highest BCUT2D eigenvalue weighted by molar-refractivity contribution is 5.85. The minimum atomic E-state index is 0. The Hall–Kier alpha value is -1.30. The van der Waals surface area contributed by atoms with E-state index < -0.39 is 0 Å². The summed E-state index contributed by atoms with van der Waals surface area (Å²) in [5.41, 5.74) is 3.86. The van der Waals surface area contributed by atoms with E-state index >= 15 is 0 Å². The molecule has 4 nitrogen and oxygen atoms in total. The molecule has 1 atom stereocenters. The van der Waals surface area contributed by atoms with Gasteiger partial charge < -0.3 is 10.2 Å². The molecule has 0 aliphatic carbocycles. The van der Waals surface area contributed by atoms with Crippen LogP contribution in [0.3, 0.4) is 0 Å². The summed E-state index contributed by atoms with van der Waals surface area (Å²) in [5, 5.41) is 3.49. The van der Waals surface area contributed by atoms with Crippen LogP contribution < -0.4 is 10.2 Å². The Morgan fingerprint density at radius 1 is 0.893 bits per heavy atom. The van der Waals surface area contributed by atoms with E-state index in [1.165, 1.54) is 62.6 Å². The standard InChI is InChI=1S/C22H30N4.2ClH/c1-24(20-5-3-2-4-6-20)21-9-7-19(8-10-21)18-25-13-15-26(16-14-25)22-11-12-23-17-22;;/h2-10,22-23H,11-18H2,1H3;2*1H. The first-order valence-electron chi connectivity index (χ1n) is 9.84. The molecule has 2 aromatic rings. The largest absolute Gasteiger partial charge is 0.345 e. The molecule has 4 rings (SSSR count). The maximum atomic E-state index is 3.49. The normalized spacial score (nSPS) is 20.2. The molecule has 6 heteroatoms. The van der Waals surface area contributed by atoms with Crippen LogP contribution in [-0.2, 0) is 6.54 Å². The van der Waals surface area contributed by atoms with Gasteiger partial charge in [0.1, 0.15) is 0 Å². The van der Waals surface area contributed by atoms with Crippen molar-refractivity contribution in [3.63, 3.8) is 0 Å². The molecule has 0 spiro atoms. The number of anilines is 2. The van der Waals surface area contributed by atoms with Crippen molar-refractivity contribution in [2.45, 2.75) is 19.0 Å². The molecule has 1 unspecified atom stereocenters. The van der Waals surface area contributed by atoms with E-state index in [0.29, 0.717) is 0 Å². The zero-order valence-corrected chi connectivity index (χ0v) is 18.2. The highest BCUT2D eigenvalue weighted by Gasteiger charge is 2.25. The van der Waals surface area contributed by atoms with Gasteiger partial charge in [0, 0.05) is 63.7 Å². The molecule has 0 amide bonds. The van der Waals surface area contributed by atoms with Crippen LogP contribution in [0.2, 0.25) is 0 Å². The van der Waals surface area contributed by atoms with Crippen molar-refractivity contribution < 1.29 is 0 Å². The van der Waals surface area contributed by atoms with Gasteiger partial charge in [-0.1, -0.05) is 30.3 Å². The average Bonchev–Trinajstić information content (AvgIpc) is 3.24. The molecule has 2 aliphatic heterocycles. The first-order valence-corrected chi connectivity index (χ1v) is 9.84. The number of hydrogen-bond acceptors (Lipinski definition) is 4. The van der Waals surface area contributed by atoms with E-state index in [1.807, 2.05) is 0 Å². The Morgan fingerprint density at radius 3 is 2.14 bits per heavy atom. The second-order valence-corrected chi connectivity index (χ2v) is 7.52. The molecule has 2 aliphatic rings. The summed E-state index contributed by atoms with van der Waals surface area (Å²) in [7, 11) is 2.13. The van der Waals surface area contributed by atoms with Gasteiger partial charge in [-0.15, -0.1) is 24.8 Å². The van der Waals surface area contributed by atoms with E-state index in [1.54, 1.807) is 0 Å². The summed E-state index contributed by atoms with van der Waals surface area (Å²) < 4.78 is 0. The first-order chi connectivity index (χ1) is 12.8. The van der Waals surface area contributed by atoms with Crippen molar-refractivity contribution in [3.8, 4) is 0 Å². The first kappa shape index (κ1) is 23.0. The quantitative estimate of drug-likeness (QED) is 0.790. The maximum Gasteiger partial charge on any atom is 0.0408 e. The summed E-state index contributed by atoms with van der Waals surface area (Å²) in [6.07, 6.45) is 1.32. The van der Waals surface area contributed by atoms with Crippen LogP contribution in [0.4, 0.5) is 11.4 Å². The van der Waals surface area contributed by atoms with E-state index in [4.69, 9.17) is 0 Å². The van der Waals surface area contributed by atoms with E-state index in [-0.39, 0.29) is 24.8 Å².